The first-order valence-electron chi connectivity index (χ1n) is 9.72. The molecule has 1 N–H and O–H groups in total. The van der Waals surface area contributed by atoms with Gasteiger partial charge in [-0.3, -0.25) is 19.8 Å². The highest BCUT2D eigenvalue weighted by Gasteiger charge is 2.40. The van der Waals surface area contributed by atoms with Crippen molar-refractivity contribution in [3.8, 4) is 11.3 Å². The third-order valence-corrected chi connectivity index (χ3v) is 6.26. The van der Waals surface area contributed by atoms with E-state index in [4.69, 9.17) is 16.6 Å². The Hall–Kier alpha value is -3.76. The van der Waals surface area contributed by atoms with Crippen molar-refractivity contribution in [3.63, 3.8) is 0 Å². The van der Waals surface area contributed by atoms with E-state index in [-0.39, 0.29) is 21.3 Å². The second kappa shape index (κ2) is 9.39. The van der Waals surface area contributed by atoms with Crippen LogP contribution in [0, 0.1) is 10.1 Å². The first-order valence-corrected chi connectivity index (χ1v) is 10.9. The Morgan fingerprint density at radius 1 is 1.18 bits per heavy atom. The smallest absolute Gasteiger partial charge is 0.327 e. The molecule has 1 aliphatic rings. The monoisotopic (exact) mass is 480 g/mol. The van der Waals surface area contributed by atoms with Crippen LogP contribution in [0.25, 0.3) is 17.4 Å². The largest absolute Gasteiger partial charge is 0.480 e. The molecule has 2 heterocycles. The third-order valence-electron chi connectivity index (χ3n) is 4.93. The number of hydrogen-bond donors (Lipinski definition) is 1. The molecule has 4 rings (SSSR count). The Labute approximate surface area is 197 Å². The summed E-state index contributed by atoms with van der Waals surface area (Å²) in [5.74, 6) is -0.927. The Kier molecular flexibility index (Phi) is 6.38. The van der Waals surface area contributed by atoms with Crippen LogP contribution in [0.3, 0.4) is 0 Å². The van der Waals surface area contributed by atoms with Gasteiger partial charge in [0.1, 0.15) is 21.9 Å². The number of furan rings is 1. The van der Waals surface area contributed by atoms with Crippen LogP contribution < -0.4 is 0 Å². The lowest BCUT2D eigenvalue weighted by Gasteiger charge is -2.23. The summed E-state index contributed by atoms with van der Waals surface area (Å²) in [5.41, 5.74) is 1.23. The lowest BCUT2D eigenvalue weighted by atomic mass is 10.0. The number of nitro groups is 1. The lowest BCUT2D eigenvalue weighted by Crippen LogP contribution is -2.45. The molecule has 1 fully saturated rings. The number of carboxylic acids is 1. The second-order valence-electron chi connectivity index (χ2n) is 7.10. The van der Waals surface area contributed by atoms with E-state index in [0.717, 1.165) is 22.2 Å². The third kappa shape index (κ3) is 4.86. The maximum atomic E-state index is 13.0. The zero-order valence-corrected chi connectivity index (χ0v) is 18.5. The number of nitro benzene ring substituents is 1. The zero-order chi connectivity index (χ0) is 23.5. The fraction of sp³-hybridized carbons (Fsp3) is 0.0870. The minimum atomic E-state index is -1.15. The molecular weight excluding hydrogens is 464 g/mol. The number of nitrogens with zero attached hydrogens (tertiary/aromatic N) is 2. The molecule has 1 aliphatic heterocycles. The maximum Gasteiger partial charge on any atom is 0.327 e. The summed E-state index contributed by atoms with van der Waals surface area (Å²) in [4.78, 5) is 36.8. The number of rotatable bonds is 7. The van der Waals surface area contributed by atoms with Crippen molar-refractivity contribution in [2.45, 2.75) is 12.5 Å². The van der Waals surface area contributed by atoms with Crippen LogP contribution in [0.1, 0.15) is 11.3 Å². The fourth-order valence-corrected chi connectivity index (χ4v) is 4.70. The zero-order valence-electron chi connectivity index (χ0n) is 16.9. The molecule has 0 aliphatic carbocycles. The number of carbonyl (C=O) groups is 2. The Morgan fingerprint density at radius 3 is 2.64 bits per heavy atom. The van der Waals surface area contributed by atoms with Crippen molar-refractivity contribution in [2.75, 3.05) is 0 Å². The highest BCUT2D eigenvalue weighted by Crippen LogP contribution is 2.36. The summed E-state index contributed by atoms with van der Waals surface area (Å²) in [6.07, 6.45) is 1.61. The Balaban J connectivity index is 1.57. The summed E-state index contributed by atoms with van der Waals surface area (Å²) in [6, 6.07) is 17.1. The number of amides is 1. The molecule has 0 bridgehead atoms. The molecule has 2 aromatic carbocycles. The van der Waals surface area contributed by atoms with Gasteiger partial charge in [-0.25, -0.2) is 4.79 Å². The number of thiocarbonyl (C=S) groups is 1. The van der Waals surface area contributed by atoms with E-state index in [9.17, 15) is 24.8 Å². The predicted octanol–water partition coefficient (Wildman–Crippen LogP) is 4.75. The maximum absolute atomic E-state index is 13.0. The van der Waals surface area contributed by atoms with Gasteiger partial charge in [0.05, 0.1) is 9.83 Å². The molecule has 33 heavy (non-hydrogen) atoms. The predicted molar refractivity (Wildman–Crippen MR) is 127 cm³/mol. The van der Waals surface area contributed by atoms with Gasteiger partial charge in [-0.1, -0.05) is 66.4 Å². The minimum Gasteiger partial charge on any atom is -0.480 e. The van der Waals surface area contributed by atoms with Crippen molar-refractivity contribution in [1.29, 1.82) is 0 Å². The van der Waals surface area contributed by atoms with E-state index in [0.29, 0.717) is 17.1 Å². The van der Waals surface area contributed by atoms with Gasteiger partial charge in [0.25, 0.3) is 11.6 Å². The van der Waals surface area contributed by atoms with Crippen LogP contribution in [-0.4, -0.2) is 37.2 Å². The molecule has 0 radical (unpaired) electrons. The first-order chi connectivity index (χ1) is 15.8. The number of carbonyl (C=O) groups excluding carboxylic acids is 1. The Bertz CT molecular complexity index is 1280. The van der Waals surface area contributed by atoms with E-state index in [1.807, 2.05) is 6.07 Å². The molecule has 0 spiro atoms. The molecule has 0 unspecified atom stereocenters. The van der Waals surface area contributed by atoms with Crippen LogP contribution in [-0.2, 0) is 16.0 Å². The van der Waals surface area contributed by atoms with Crippen molar-refractivity contribution in [3.05, 3.63) is 93.1 Å². The number of carboxylic acid groups (broad SMARTS) is 1. The highest BCUT2D eigenvalue weighted by atomic mass is 32.2. The summed E-state index contributed by atoms with van der Waals surface area (Å²) in [5, 5.41) is 20.8. The Morgan fingerprint density at radius 2 is 1.94 bits per heavy atom. The van der Waals surface area contributed by atoms with Crippen LogP contribution in [0.5, 0.6) is 0 Å². The number of hydrogen-bond acceptors (Lipinski definition) is 7. The lowest BCUT2D eigenvalue weighted by molar-refractivity contribution is -0.384. The van der Waals surface area contributed by atoms with Crippen molar-refractivity contribution in [2.24, 2.45) is 0 Å². The van der Waals surface area contributed by atoms with Gasteiger partial charge in [0.2, 0.25) is 0 Å². The average Bonchev–Trinajstić information content (AvgIpc) is 3.37. The van der Waals surface area contributed by atoms with Gasteiger partial charge >= 0.3 is 5.97 Å². The SMILES string of the molecule is O=C(O)[C@@H](Cc1ccccc1)N1C(=O)/C(=C/c2ccc(-c3cccc([N+](=O)[O-])c3)o2)SC1=S. The van der Waals surface area contributed by atoms with Gasteiger partial charge in [-0.2, -0.15) is 0 Å². The molecule has 10 heteroatoms. The van der Waals surface area contributed by atoms with Crippen LogP contribution in [0.15, 0.2) is 76.1 Å². The van der Waals surface area contributed by atoms with Gasteiger partial charge in [0.15, 0.2) is 0 Å². The molecule has 1 aromatic heterocycles. The molecule has 3 aromatic rings. The highest BCUT2D eigenvalue weighted by molar-refractivity contribution is 8.26. The molecule has 1 saturated heterocycles. The number of thioether (sulfide) groups is 1. The van der Waals surface area contributed by atoms with Gasteiger partial charge in [-0.05, 0) is 17.7 Å². The van der Waals surface area contributed by atoms with E-state index < -0.39 is 22.8 Å². The average molecular weight is 481 g/mol. The molecule has 166 valence electrons. The summed E-state index contributed by atoms with van der Waals surface area (Å²) >= 11 is 6.31. The second-order valence-corrected chi connectivity index (χ2v) is 8.78. The van der Waals surface area contributed by atoms with E-state index in [1.54, 1.807) is 48.5 Å². The summed E-state index contributed by atoms with van der Waals surface area (Å²) in [7, 11) is 0. The van der Waals surface area contributed by atoms with Crippen molar-refractivity contribution in [1.82, 2.24) is 4.90 Å². The molecule has 8 nitrogen and oxygen atoms in total. The van der Waals surface area contributed by atoms with Crippen LogP contribution >= 0.6 is 24.0 Å². The summed E-state index contributed by atoms with van der Waals surface area (Å²) < 4.78 is 5.90. The van der Waals surface area contributed by atoms with Crippen LogP contribution in [0.2, 0.25) is 0 Å². The molecule has 0 saturated carbocycles. The fourth-order valence-electron chi connectivity index (χ4n) is 3.36. The van der Waals surface area contributed by atoms with Crippen molar-refractivity contribution >= 4 is 51.9 Å². The number of benzene rings is 2. The van der Waals surface area contributed by atoms with E-state index in [2.05, 4.69) is 0 Å². The normalized spacial score (nSPS) is 15.8. The standard InChI is InChI=1S/C23H16N2O6S2/c26-21-20(13-17-9-10-19(31-17)15-7-4-8-16(12-15)25(29)30)33-23(32)24(21)18(22(27)28)11-14-5-2-1-3-6-14/h1-10,12-13,18H,11H2,(H,27,28)/b20-13-/t18-/m1/s1. The van der Waals surface area contributed by atoms with E-state index >= 15 is 0 Å². The van der Waals surface area contributed by atoms with Gasteiger partial charge in [0, 0.05) is 30.2 Å². The summed E-state index contributed by atoms with van der Waals surface area (Å²) in [6.45, 7) is 0. The topological polar surface area (TPSA) is 114 Å². The number of non-ortho nitro benzene ring substituents is 1. The quantitative estimate of drug-likeness (QED) is 0.223. The molecule has 1 atom stereocenters. The number of aliphatic carboxylic acids is 1. The first kappa shape index (κ1) is 22.4. The van der Waals surface area contributed by atoms with Crippen molar-refractivity contribution < 1.29 is 24.0 Å². The molecular formula is C23H16N2O6S2. The van der Waals surface area contributed by atoms with Gasteiger partial charge < -0.3 is 9.52 Å². The van der Waals surface area contributed by atoms with E-state index in [1.165, 1.54) is 18.2 Å². The van der Waals surface area contributed by atoms with Crippen LogP contribution in [0.4, 0.5) is 5.69 Å². The minimum absolute atomic E-state index is 0.0653. The van der Waals surface area contributed by atoms with Gasteiger partial charge in [-0.15, -0.1) is 0 Å². The molecule has 1 amide bonds.